The molecule has 0 aromatic heterocycles. The molecule has 0 saturated carbocycles. The molecule has 0 aliphatic carbocycles. The summed E-state index contributed by atoms with van der Waals surface area (Å²) in [6.45, 7) is 8.36. The van der Waals surface area contributed by atoms with Crippen molar-refractivity contribution in [3.05, 3.63) is 30.1 Å². The Balaban J connectivity index is 1.74. The smallest absolute Gasteiger partial charge is 0.123 e. The largest absolute Gasteiger partial charge is 0.377 e. The number of rotatable bonds is 7. The molecule has 0 radical (unpaired) electrons. The van der Waals surface area contributed by atoms with Crippen molar-refractivity contribution in [1.82, 2.24) is 4.90 Å². The summed E-state index contributed by atoms with van der Waals surface area (Å²) in [4.78, 5) is 4.75. The van der Waals surface area contributed by atoms with Crippen molar-refractivity contribution >= 4 is 5.69 Å². The highest BCUT2D eigenvalue weighted by atomic mass is 19.1. The minimum atomic E-state index is -0.180. The fourth-order valence-electron chi connectivity index (χ4n) is 2.71. The Kier molecular flexibility index (Phi) is 6.42. The van der Waals surface area contributed by atoms with E-state index in [9.17, 15) is 4.39 Å². The summed E-state index contributed by atoms with van der Waals surface area (Å²) in [5, 5.41) is 0. The van der Waals surface area contributed by atoms with Gasteiger partial charge in [-0.1, -0.05) is 0 Å². The lowest BCUT2D eigenvalue weighted by Crippen LogP contribution is -2.47. The monoisotopic (exact) mass is 295 g/mol. The van der Waals surface area contributed by atoms with E-state index in [1.165, 1.54) is 12.1 Å². The van der Waals surface area contributed by atoms with Crippen molar-refractivity contribution in [3.8, 4) is 0 Å². The van der Waals surface area contributed by atoms with Crippen LogP contribution in [0.5, 0.6) is 0 Å². The van der Waals surface area contributed by atoms with Crippen molar-refractivity contribution in [3.63, 3.8) is 0 Å². The van der Waals surface area contributed by atoms with Crippen LogP contribution in [0, 0.1) is 5.82 Å². The van der Waals surface area contributed by atoms with Gasteiger partial charge < -0.3 is 15.4 Å². The summed E-state index contributed by atoms with van der Waals surface area (Å²) in [6, 6.07) is 6.75. The lowest BCUT2D eigenvalue weighted by atomic mass is 10.2. The Bertz CT molecular complexity index is 404. The topological polar surface area (TPSA) is 41.7 Å². The second-order valence-electron chi connectivity index (χ2n) is 5.41. The van der Waals surface area contributed by atoms with Crippen LogP contribution in [0.1, 0.15) is 13.3 Å². The molecule has 1 atom stereocenters. The summed E-state index contributed by atoms with van der Waals surface area (Å²) < 4.78 is 18.5. The van der Waals surface area contributed by atoms with Crippen LogP contribution < -0.4 is 10.6 Å². The van der Waals surface area contributed by atoms with Crippen LogP contribution in [0.3, 0.4) is 0 Å². The predicted octanol–water partition coefficient (Wildman–Crippen LogP) is 1.70. The molecule has 1 aromatic rings. The first-order valence-electron chi connectivity index (χ1n) is 7.77. The van der Waals surface area contributed by atoms with E-state index in [4.69, 9.17) is 10.5 Å². The summed E-state index contributed by atoms with van der Waals surface area (Å²) in [5.41, 5.74) is 6.80. The minimum absolute atomic E-state index is 0.171. The van der Waals surface area contributed by atoms with Crippen LogP contribution in [-0.4, -0.2) is 56.9 Å². The highest BCUT2D eigenvalue weighted by Crippen LogP contribution is 2.17. The third kappa shape index (κ3) is 4.95. The number of hydrogen-bond donors (Lipinski definition) is 1. The molecule has 2 rings (SSSR count). The van der Waals surface area contributed by atoms with Crippen molar-refractivity contribution in [2.75, 3.05) is 50.8 Å². The normalized spacial score (nSPS) is 18.0. The van der Waals surface area contributed by atoms with Crippen molar-refractivity contribution < 1.29 is 9.13 Å². The molecular weight excluding hydrogens is 269 g/mol. The zero-order chi connectivity index (χ0) is 15.1. The maximum atomic E-state index is 12.9. The molecule has 1 fully saturated rings. The van der Waals surface area contributed by atoms with Gasteiger partial charge in [0.1, 0.15) is 5.82 Å². The van der Waals surface area contributed by atoms with Crippen LogP contribution in [0.15, 0.2) is 24.3 Å². The number of benzene rings is 1. The summed E-state index contributed by atoms with van der Waals surface area (Å²) >= 11 is 0. The van der Waals surface area contributed by atoms with E-state index < -0.39 is 0 Å². The number of piperazine rings is 1. The molecule has 1 unspecified atom stereocenters. The summed E-state index contributed by atoms with van der Waals surface area (Å²) in [5.74, 6) is -0.180. The summed E-state index contributed by atoms with van der Waals surface area (Å²) in [7, 11) is 0. The van der Waals surface area contributed by atoms with Crippen LogP contribution in [-0.2, 0) is 4.74 Å². The van der Waals surface area contributed by atoms with Gasteiger partial charge in [0.2, 0.25) is 0 Å². The van der Waals surface area contributed by atoms with Crippen LogP contribution in [0.4, 0.5) is 10.1 Å². The van der Waals surface area contributed by atoms with E-state index in [0.717, 1.165) is 51.4 Å². The predicted molar refractivity (Wildman–Crippen MR) is 84.1 cm³/mol. The summed E-state index contributed by atoms with van der Waals surface area (Å²) in [6.07, 6.45) is 1.16. The SMILES string of the molecule is CCOC(CN)CCN1CCN(c2ccc(F)cc2)CC1. The first-order chi connectivity index (χ1) is 10.2. The molecule has 0 spiro atoms. The number of nitrogens with zero attached hydrogens (tertiary/aromatic N) is 2. The minimum Gasteiger partial charge on any atom is -0.377 e. The van der Waals surface area contributed by atoms with Crippen molar-refractivity contribution in [1.29, 1.82) is 0 Å². The van der Waals surface area contributed by atoms with E-state index >= 15 is 0 Å². The van der Waals surface area contributed by atoms with Crippen LogP contribution in [0.2, 0.25) is 0 Å². The van der Waals surface area contributed by atoms with Crippen molar-refractivity contribution in [2.45, 2.75) is 19.4 Å². The second-order valence-corrected chi connectivity index (χ2v) is 5.41. The maximum Gasteiger partial charge on any atom is 0.123 e. The third-order valence-corrected chi connectivity index (χ3v) is 4.00. The standard InChI is InChI=1S/C16H26FN3O/c1-2-21-16(13-18)7-8-19-9-11-20(12-10-19)15-5-3-14(17)4-6-15/h3-6,16H,2,7-13,18H2,1H3. The Morgan fingerprint density at radius 3 is 2.43 bits per heavy atom. The van der Waals surface area contributed by atoms with Gasteiger partial charge in [0.25, 0.3) is 0 Å². The van der Waals surface area contributed by atoms with Crippen LogP contribution >= 0.6 is 0 Å². The van der Waals surface area contributed by atoms with Crippen molar-refractivity contribution in [2.24, 2.45) is 5.73 Å². The fourth-order valence-corrected chi connectivity index (χ4v) is 2.71. The highest BCUT2D eigenvalue weighted by molar-refractivity contribution is 5.46. The highest BCUT2D eigenvalue weighted by Gasteiger charge is 2.18. The lowest BCUT2D eigenvalue weighted by Gasteiger charge is -2.36. The molecule has 4 nitrogen and oxygen atoms in total. The zero-order valence-electron chi connectivity index (χ0n) is 12.8. The first-order valence-corrected chi connectivity index (χ1v) is 7.77. The van der Waals surface area contributed by atoms with Gasteiger partial charge in [0, 0.05) is 51.6 Å². The molecule has 0 bridgehead atoms. The number of anilines is 1. The number of halogens is 1. The van der Waals surface area contributed by atoms with Gasteiger partial charge in [-0.05, 0) is 37.6 Å². The van der Waals surface area contributed by atoms with Gasteiger partial charge >= 0.3 is 0 Å². The lowest BCUT2D eigenvalue weighted by molar-refractivity contribution is 0.0538. The molecule has 0 amide bonds. The number of ether oxygens (including phenoxy) is 1. The zero-order valence-corrected chi connectivity index (χ0v) is 12.8. The molecule has 21 heavy (non-hydrogen) atoms. The first kappa shape index (κ1) is 16.2. The average molecular weight is 295 g/mol. The molecule has 1 saturated heterocycles. The van der Waals surface area contributed by atoms with E-state index in [-0.39, 0.29) is 11.9 Å². The van der Waals surface area contributed by atoms with E-state index in [0.29, 0.717) is 6.54 Å². The van der Waals surface area contributed by atoms with E-state index in [2.05, 4.69) is 9.80 Å². The molecular formula is C16H26FN3O. The van der Waals surface area contributed by atoms with E-state index in [1.807, 2.05) is 19.1 Å². The Hall–Kier alpha value is -1.17. The Morgan fingerprint density at radius 1 is 1.19 bits per heavy atom. The van der Waals surface area contributed by atoms with E-state index in [1.54, 1.807) is 0 Å². The second kappa shape index (κ2) is 8.32. The van der Waals surface area contributed by atoms with Gasteiger partial charge in [-0.3, -0.25) is 4.90 Å². The molecule has 1 aliphatic heterocycles. The number of hydrogen-bond acceptors (Lipinski definition) is 4. The van der Waals surface area contributed by atoms with Gasteiger partial charge in [-0.15, -0.1) is 0 Å². The third-order valence-electron chi connectivity index (χ3n) is 4.00. The van der Waals surface area contributed by atoms with Gasteiger partial charge in [0.15, 0.2) is 0 Å². The maximum absolute atomic E-state index is 12.9. The number of nitrogens with two attached hydrogens (primary N) is 1. The fraction of sp³-hybridized carbons (Fsp3) is 0.625. The van der Waals surface area contributed by atoms with Crippen LogP contribution in [0.25, 0.3) is 0 Å². The Morgan fingerprint density at radius 2 is 1.86 bits per heavy atom. The molecule has 2 N–H and O–H groups in total. The molecule has 5 heteroatoms. The molecule has 118 valence electrons. The molecule has 1 aliphatic rings. The Labute approximate surface area is 126 Å². The van der Waals surface area contributed by atoms with Gasteiger partial charge in [-0.2, -0.15) is 0 Å². The molecule has 1 aromatic carbocycles. The molecule has 1 heterocycles. The van der Waals surface area contributed by atoms with Gasteiger partial charge in [0.05, 0.1) is 6.10 Å². The quantitative estimate of drug-likeness (QED) is 0.831. The van der Waals surface area contributed by atoms with Gasteiger partial charge in [-0.25, -0.2) is 4.39 Å². The average Bonchev–Trinajstić information content (AvgIpc) is 2.53.